The van der Waals surface area contributed by atoms with Crippen molar-refractivity contribution in [1.82, 2.24) is 25.5 Å². The Bertz CT molecular complexity index is 1250. The maximum absolute atomic E-state index is 13.1. The van der Waals surface area contributed by atoms with Gasteiger partial charge in [-0.25, -0.2) is 5.10 Å². The largest absolute Gasteiger partial charge is 0.490 e. The number of nitrogens with zero attached hydrogens (tertiary/aromatic N) is 4. The maximum atomic E-state index is 13.1. The molecule has 4 aromatic rings. The van der Waals surface area contributed by atoms with Crippen LogP contribution in [0.2, 0.25) is 5.02 Å². The average Bonchev–Trinajstić information content (AvgIpc) is 3.41. The molecule has 3 aromatic carbocycles. The Balaban J connectivity index is 1.43. The molecule has 1 aromatic heterocycles. The fraction of sp³-hybridized carbons (Fsp3) is 0.259. The molecule has 1 unspecified atom stereocenters. The number of aromatic amines is 1. The number of hydrogen-bond acceptors (Lipinski definition) is 7. The topological polar surface area (TPSA) is 105 Å². The van der Waals surface area contributed by atoms with Crippen LogP contribution in [0.5, 0.6) is 17.2 Å². The number of carbonyl (C=O) groups is 1. The number of benzene rings is 3. The van der Waals surface area contributed by atoms with E-state index in [1.54, 1.807) is 24.3 Å². The molecule has 0 saturated heterocycles. The summed E-state index contributed by atoms with van der Waals surface area (Å²) < 4.78 is 11.8. The van der Waals surface area contributed by atoms with Crippen molar-refractivity contribution in [2.45, 2.75) is 19.9 Å². The van der Waals surface area contributed by atoms with E-state index in [2.05, 4.69) is 39.8 Å². The highest BCUT2D eigenvalue weighted by Gasteiger charge is 2.27. The summed E-state index contributed by atoms with van der Waals surface area (Å²) in [4.78, 5) is 15.1. The second kappa shape index (κ2) is 12.8. The van der Waals surface area contributed by atoms with Gasteiger partial charge in [-0.15, -0.1) is 5.10 Å². The summed E-state index contributed by atoms with van der Waals surface area (Å²) in [6.07, 6.45) is 0. The van der Waals surface area contributed by atoms with Crippen LogP contribution < -0.4 is 14.8 Å². The highest BCUT2D eigenvalue weighted by atomic mass is 35.5. The molecule has 0 aliphatic heterocycles. The molecular formula is C27H29ClN6O3. The third-order valence-electron chi connectivity index (χ3n) is 5.41. The van der Waals surface area contributed by atoms with Gasteiger partial charge in [-0.05, 0) is 64.9 Å². The van der Waals surface area contributed by atoms with Gasteiger partial charge in [0.25, 0.3) is 0 Å². The Morgan fingerprint density at radius 3 is 2.38 bits per heavy atom. The Morgan fingerprint density at radius 2 is 1.70 bits per heavy atom. The second-order valence-corrected chi connectivity index (χ2v) is 9.26. The molecular weight excluding hydrogens is 492 g/mol. The third kappa shape index (κ3) is 7.77. The van der Waals surface area contributed by atoms with Crippen LogP contribution in [-0.4, -0.2) is 51.1 Å². The summed E-state index contributed by atoms with van der Waals surface area (Å²) in [5.74, 6) is 2.58. The fourth-order valence-electron chi connectivity index (χ4n) is 3.78. The average molecular weight is 521 g/mol. The van der Waals surface area contributed by atoms with Crippen LogP contribution in [0.25, 0.3) is 0 Å². The minimum Gasteiger partial charge on any atom is -0.490 e. The number of para-hydroxylation sites is 2. The molecule has 37 heavy (non-hydrogen) atoms. The zero-order chi connectivity index (χ0) is 26.0. The lowest BCUT2D eigenvalue weighted by Gasteiger charge is -2.30. The number of nitrogens with one attached hydrogen (secondary N) is 2. The summed E-state index contributed by atoms with van der Waals surface area (Å²) in [7, 11) is 0. The predicted octanol–water partition coefficient (Wildman–Crippen LogP) is 5.36. The Labute approximate surface area is 220 Å². The molecule has 9 nitrogen and oxygen atoms in total. The Kier molecular flexibility index (Phi) is 9.07. The molecule has 0 saturated carbocycles. The monoisotopic (exact) mass is 520 g/mol. The number of halogens is 1. The zero-order valence-corrected chi connectivity index (χ0v) is 21.4. The van der Waals surface area contributed by atoms with E-state index in [-0.39, 0.29) is 25.0 Å². The van der Waals surface area contributed by atoms with Gasteiger partial charge in [0, 0.05) is 12.2 Å². The lowest BCUT2D eigenvalue weighted by atomic mass is 10.1. The summed E-state index contributed by atoms with van der Waals surface area (Å²) in [6, 6.07) is 23.6. The molecule has 1 amide bonds. The van der Waals surface area contributed by atoms with Crippen molar-refractivity contribution < 1.29 is 14.3 Å². The number of ether oxygens (including phenoxy) is 2. The first-order valence-electron chi connectivity index (χ1n) is 12.0. The van der Waals surface area contributed by atoms with Gasteiger partial charge in [0.05, 0.1) is 11.6 Å². The van der Waals surface area contributed by atoms with E-state index in [0.717, 1.165) is 5.75 Å². The summed E-state index contributed by atoms with van der Waals surface area (Å²) >= 11 is 6.27. The first kappa shape index (κ1) is 26.1. The van der Waals surface area contributed by atoms with Gasteiger partial charge in [0.1, 0.15) is 29.9 Å². The summed E-state index contributed by atoms with van der Waals surface area (Å²) in [5.41, 5.74) is 0.667. The van der Waals surface area contributed by atoms with Crippen LogP contribution in [0, 0.1) is 5.92 Å². The lowest BCUT2D eigenvalue weighted by Crippen LogP contribution is -2.41. The van der Waals surface area contributed by atoms with Gasteiger partial charge < -0.3 is 14.8 Å². The molecule has 1 atom stereocenters. The third-order valence-corrected chi connectivity index (χ3v) is 5.73. The Hall–Kier alpha value is -3.95. The van der Waals surface area contributed by atoms with Crippen molar-refractivity contribution in [3.05, 3.63) is 89.7 Å². The van der Waals surface area contributed by atoms with Crippen molar-refractivity contribution in [3.63, 3.8) is 0 Å². The summed E-state index contributed by atoms with van der Waals surface area (Å²) in [5, 5.41) is 17.8. The first-order chi connectivity index (χ1) is 18.0. The number of tetrazole rings is 1. The normalized spacial score (nSPS) is 11.9. The summed E-state index contributed by atoms with van der Waals surface area (Å²) in [6.45, 7) is 5.10. The quantitative estimate of drug-likeness (QED) is 0.259. The van der Waals surface area contributed by atoms with Crippen molar-refractivity contribution in [3.8, 4) is 17.2 Å². The van der Waals surface area contributed by atoms with Crippen LogP contribution in [0.3, 0.4) is 0 Å². The smallest absolute Gasteiger partial charge is 0.238 e. The van der Waals surface area contributed by atoms with Gasteiger partial charge in [-0.2, -0.15) is 0 Å². The van der Waals surface area contributed by atoms with E-state index in [9.17, 15) is 4.79 Å². The lowest BCUT2D eigenvalue weighted by molar-refractivity contribution is -0.118. The zero-order valence-electron chi connectivity index (χ0n) is 20.7. The predicted molar refractivity (Wildman–Crippen MR) is 142 cm³/mol. The number of amides is 1. The van der Waals surface area contributed by atoms with E-state index < -0.39 is 6.04 Å². The standard InChI is InChI=1S/C27H29ClN6O3/c1-19(2)16-34(24(27-30-32-33-31-27)18-36-25-11-7-6-10-23(25)28)17-26(35)29-20-12-14-22(15-13-20)37-21-8-4-3-5-9-21/h3-15,19,24H,16-18H2,1-2H3,(H,29,35)(H,30,31,32,33). The van der Waals surface area contributed by atoms with Gasteiger partial charge in [-0.3, -0.25) is 9.69 Å². The second-order valence-electron chi connectivity index (χ2n) is 8.85. The van der Waals surface area contributed by atoms with Crippen molar-refractivity contribution in [1.29, 1.82) is 0 Å². The fourth-order valence-corrected chi connectivity index (χ4v) is 3.97. The SMILES string of the molecule is CC(C)CN(CC(=O)Nc1ccc(Oc2ccccc2)cc1)C(COc1ccccc1Cl)c1nnn[nH]1. The number of anilines is 1. The van der Waals surface area contributed by atoms with Gasteiger partial charge in [-0.1, -0.05) is 55.8 Å². The Morgan fingerprint density at radius 1 is 1.00 bits per heavy atom. The molecule has 0 bridgehead atoms. The number of H-pyrrole nitrogens is 1. The minimum absolute atomic E-state index is 0.109. The number of hydrogen-bond donors (Lipinski definition) is 2. The number of aromatic nitrogens is 4. The van der Waals surface area contributed by atoms with Crippen molar-refractivity contribution in [2.24, 2.45) is 5.92 Å². The minimum atomic E-state index is -0.402. The van der Waals surface area contributed by atoms with E-state index in [4.69, 9.17) is 21.1 Å². The number of carbonyl (C=O) groups excluding carboxylic acids is 1. The first-order valence-corrected chi connectivity index (χ1v) is 12.3. The molecule has 2 N–H and O–H groups in total. The highest BCUT2D eigenvalue weighted by molar-refractivity contribution is 6.32. The van der Waals surface area contributed by atoms with Crippen LogP contribution in [0.4, 0.5) is 5.69 Å². The molecule has 0 aliphatic rings. The molecule has 10 heteroatoms. The number of rotatable bonds is 12. The molecule has 0 aliphatic carbocycles. The van der Waals surface area contributed by atoms with Crippen molar-refractivity contribution in [2.75, 3.05) is 25.0 Å². The molecule has 0 spiro atoms. The molecule has 0 fully saturated rings. The van der Waals surface area contributed by atoms with Crippen LogP contribution >= 0.6 is 11.6 Å². The van der Waals surface area contributed by atoms with Crippen LogP contribution in [0.1, 0.15) is 25.7 Å². The molecule has 1 heterocycles. The molecule has 192 valence electrons. The van der Waals surface area contributed by atoms with E-state index in [1.807, 2.05) is 59.5 Å². The highest BCUT2D eigenvalue weighted by Crippen LogP contribution is 2.27. The molecule has 4 rings (SSSR count). The van der Waals surface area contributed by atoms with E-state index in [1.165, 1.54) is 0 Å². The van der Waals surface area contributed by atoms with Crippen LogP contribution in [-0.2, 0) is 4.79 Å². The maximum Gasteiger partial charge on any atom is 0.238 e. The van der Waals surface area contributed by atoms with Gasteiger partial charge >= 0.3 is 0 Å². The van der Waals surface area contributed by atoms with E-state index in [0.29, 0.717) is 34.6 Å². The van der Waals surface area contributed by atoms with E-state index >= 15 is 0 Å². The van der Waals surface area contributed by atoms with Crippen molar-refractivity contribution >= 4 is 23.2 Å². The van der Waals surface area contributed by atoms with Crippen LogP contribution in [0.15, 0.2) is 78.9 Å². The van der Waals surface area contributed by atoms with Gasteiger partial charge in [0.15, 0.2) is 5.82 Å². The van der Waals surface area contributed by atoms with Gasteiger partial charge in [0.2, 0.25) is 5.91 Å². The molecule has 0 radical (unpaired) electrons.